The minimum absolute atomic E-state index is 0.0604. The van der Waals surface area contributed by atoms with Crippen LogP contribution in [0.4, 0.5) is 0 Å². The molecule has 0 bridgehead atoms. The Hall–Kier alpha value is -4.17. The number of likely N-dealkylation sites (tertiary alicyclic amines) is 1. The molecule has 274 valence electrons. The molecular formula is C42H49ClN4O5. The summed E-state index contributed by atoms with van der Waals surface area (Å²) in [7, 11) is 0. The van der Waals surface area contributed by atoms with Crippen molar-refractivity contribution in [2.45, 2.75) is 65.3 Å². The van der Waals surface area contributed by atoms with E-state index in [0.29, 0.717) is 48.5 Å². The fourth-order valence-corrected chi connectivity index (χ4v) is 7.28. The van der Waals surface area contributed by atoms with Gasteiger partial charge in [0.05, 0.1) is 43.1 Å². The first-order chi connectivity index (χ1) is 25.4. The van der Waals surface area contributed by atoms with Gasteiger partial charge in [0.25, 0.3) is 0 Å². The SMILES string of the molecule is Cc1c(COc2cc(OCc3cncc(C#N)c3)c(CN3CCCCC3)cc2Cl)cccc1-c1cccc(OCCCN2CCOCC2CO)c1C. The fourth-order valence-electron chi connectivity index (χ4n) is 7.04. The third-order valence-corrected chi connectivity index (χ3v) is 10.4. The van der Waals surface area contributed by atoms with Crippen LogP contribution < -0.4 is 14.2 Å². The molecule has 6 rings (SSSR count). The van der Waals surface area contributed by atoms with E-state index in [4.69, 9.17) is 30.5 Å². The number of rotatable bonds is 15. The molecule has 0 amide bonds. The molecule has 10 heteroatoms. The predicted molar refractivity (Wildman–Crippen MR) is 203 cm³/mol. The highest BCUT2D eigenvalue weighted by molar-refractivity contribution is 6.32. The number of morpholine rings is 1. The highest BCUT2D eigenvalue weighted by Gasteiger charge is 2.22. The van der Waals surface area contributed by atoms with Gasteiger partial charge in [-0.3, -0.25) is 14.8 Å². The monoisotopic (exact) mass is 724 g/mol. The van der Waals surface area contributed by atoms with Crippen LogP contribution >= 0.6 is 11.6 Å². The van der Waals surface area contributed by atoms with Crippen LogP contribution in [-0.2, 0) is 24.5 Å². The summed E-state index contributed by atoms with van der Waals surface area (Å²) in [4.78, 5) is 8.91. The highest BCUT2D eigenvalue weighted by Crippen LogP contribution is 2.37. The number of ether oxygens (including phenoxy) is 4. The van der Waals surface area contributed by atoms with Crippen LogP contribution in [0.25, 0.3) is 11.1 Å². The lowest BCUT2D eigenvalue weighted by Crippen LogP contribution is -2.47. The van der Waals surface area contributed by atoms with Crippen LogP contribution in [0.3, 0.4) is 0 Å². The molecule has 2 saturated heterocycles. The number of aliphatic hydroxyl groups is 1. The maximum atomic E-state index is 9.68. The van der Waals surface area contributed by atoms with Gasteiger partial charge in [-0.25, -0.2) is 0 Å². The molecule has 1 N–H and O–H groups in total. The van der Waals surface area contributed by atoms with Crippen LogP contribution in [0.1, 0.15) is 59.1 Å². The minimum Gasteiger partial charge on any atom is -0.493 e. The molecule has 2 aliphatic rings. The number of halogens is 1. The second-order valence-electron chi connectivity index (χ2n) is 13.7. The molecule has 4 aromatic rings. The number of aliphatic hydroxyl groups excluding tert-OH is 1. The standard InChI is InChI=1S/C42H49ClN4O5/c1-30-34(9-6-10-37(30)38-11-7-12-40(31(38)2)50-17-8-15-47-16-18-49-29-36(47)26-48)28-52-42-21-41(51-27-33-19-32(22-44)23-45-24-33)35(20-39(42)43)25-46-13-4-3-5-14-46/h6-7,9-12,19-21,23-24,36,48H,3-5,8,13-18,25-29H2,1-2H3. The molecule has 1 unspecified atom stereocenters. The average molecular weight is 725 g/mol. The smallest absolute Gasteiger partial charge is 0.142 e. The molecule has 0 radical (unpaired) electrons. The summed E-state index contributed by atoms with van der Waals surface area (Å²) in [5.74, 6) is 2.14. The Labute approximate surface area is 312 Å². The van der Waals surface area contributed by atoms with Gasteiger partial charge in [0.15, 0.2) is 0 Å². The molecule has 0 saturated carbocycles. The van der Waals surface area contributed by atoms with E-state index in [0.717, 1.165) is 83.8 Å². The second kappa shape index (κ2) is 18.5. The average Bonchev–Trinajstić information content (AvgIpc) is 3.17. The minimum atomic E-state index is 0.0604. The van der Waals surface area contributed by atoms with Gasteiger partial charge in [-0.05, 0) is 92.2 Å². The number of aromatic nitrogens is 1. The fraction of sp³-hybridized carbons (Fsp3) is 0.429. The Kier molecular flexibility index (Phi) is 13.4. The van der Waals surface area contributed by atoms with Crippen LogP contribution in [0.15, 0.2) is 67.0 Å². The van der Waals surface area contributed by atoms with Gasteiger partial charge in [0, 0.05) is 49.2 Å². The van der Waals surface area contributed by atoms with E-state index in [1.165, 1.54) is 19.3 Å². The Balaban J connectivity index is 1.15. The summed E-state index contributed by atoms with van der Waals surface area (Å²) in [5, 5.41) is 19.5. The van der Waals surface area contributed by atoms with Crippen molar-refractivity contribution in [3.05, 3.63) is 105 Å². The first-order valence-corrected chi connectivity index (χ1v) is 18.7. The van der Waals surface area contributed by atoms with E-state index in [2.05, 4.69) is 59.0 Å². The molecular weight excluding hydrogens is 676 g/mol. The van der Waals surface area contributed by atoms with Gasteiger partial charge < -0.3 is 24.1 Å². The lowest BCUT2D eigenvalue weighted by atomic mass is 9.93. The molecule has 0 aliphatic carbocycles. The van der Waals surface area contributed by atoms with Crippen molar-refractivity contribution in [3.8, 4) is 34.4 Å². The van der Waals surface area contributed by atoms with Crippen LogP contribution in [0.2, 0.25) is 5.02 Å². The van der Waals surface area contributed by atoms with E-state index in [-0.39, 0.29) is 19.3 Å². The van der Waals surface area contributed by atoms with Crippen molar-refractivity contribution in [2.75, 3.05) is 52.6 Å². The Bertz CT molecular complexity index is 1840. The van der Waals surface area contributed by atoms with Crippen molar-refractivity contribution in [1.82, 2.24) is 14.8 Å². The largest absolute Gasteiger partial charge is 0.493 e. The number of nitrogens with zero attached hydrogens (tertiary/aromatic N) is 4. The quantitative estimate of drug-likeness (QED) is 0.125. The summed E-state index contributed by atoms with van der Waals surface area (Å²) in [6.45, 7) is 11.4. The maximum Gasteiger partial charge on any atom is 0.142 e. The van der Waals surface area contributed by atoms with E-state index >= 15 is 0 Å². The Morgan fingerprint density at radius 3 is 2.48 bits per heavy atom. The highest BCUT2D eigenvalue weighted by atomic mass is 35.5. The lowest BCUT2D eigenvalue weighted by molar-refractivity contribution is -0.0287. The summed E-state index contributed by atoms with van der Waals surface area (Å²) < 4.78 is 24.6. The summed E-state index contributed by atoms with van der Waals surface area (Å²) >= 11 is 6.88. The zero-order chi connectivity index (χ0) is 36.3. The molecule has 2 fully saturated rings. The molecule has 52 heavy (non-hydrogen) atoms. The van der Waals surface area contributed by atoms with Gasteiger partial charge in [-0.15, -0.1) is 0 Å². The Morgan fingerprint density at radius 2 is 1.67 bits per heavy atom. The zero-order valence-electron chi connectivity index (χ0n) is 30.3. The van der Waals surface area contributed by atoms with Gasteiger partial charge in [0.2, 0.25) is 0 Å². The van der Waals surface area contributed by atoms with E-state index in [1.807, 2.05) is 24.3 Å². The summed E-state index contributed by atoms with van der Waals surface area (Å²) in [5.41, 5.74) is 7.86. The molecule has 3 aromatic carbocycles. The van der Waals surface area contributed by atoms with E-state index in [1.54, 1.807) is 18.5 Å². The summed E-state index contributed by atoms with van der Waals surface area (Å²) in [6.07, 6.45) is 7.78. The predicted octanol–water partition coefficient (Wildman–Crippen LogP) is 7.50. The number of hydrogen-bond donors (Lipinski definition) is 1. The van der Waals surface area contributed by atoms with E-state index < -0.39 is 0 Å². The van der Waals surface area contributed by atoms with Gasteiger partial charge in [0.1, 0.15) is 36.5 Å². The first-order valence-electron chi connectivity index (χ1n) is 18.3. The number of piperidine rings is 1. The number of benzene rings is 3. The van der Waals surface area contributed by atoms with Crippen LogP contribution in [0.5, 0.6) is 17.2 Å². The molecule has 1 aromatic heterocycles. The maximum absolute atomic E-state index is 9.68. The number of nitriles is 1. The van der Waals surface area contributed by atoms with E-state index in [9.17, 15) is 10.4 Å². The first kappa shape index (κ1) is 37.6. The number of hydrogen-bond acceptors (Lipinski definition) is 9. The molecule has 2 aliphatic heterocycles. The van der Waals surface area contributed by atoms with Gasteiger partial charge >= 0.3 is 0 Å². The van der Waals surface area contributed by atoms with Crippen molar-refractivity contribution in [2.24, 2.45) is 0 Å². The van der Waals surface area contributed by atoms with Crippen LogP contribution in [-0.4, -0.2) is 78.5 Å². The molecule has 9 nitrogen and oxygen atoms in total. The topological polar surface area (TPSA) is 100 Å². The third-order valence-electron chi connectivity index (χ3n) is 10.1. The zero-order valence-corrected chi connectivity index (χ0v) is 31.0. The second-order valence-corrected chi connectivity index (χ2v) is 14.1. The Morgan fingerprint density at radius 1 is 0.885 bits per heavy atom. The van der Waals surface area contributed by atoms with Crippen molar-refractivity contribution >= 4 is 11.6 Å². The van der Waals surface area contributed by atoms with Gasteiger partial charge in [-0.2, -0.15) is 5.26 Å². The third kappa shape index (κ3) is 9.62. The molecule has 1 atom stereocenters. The molecule has 0 spiro atoms. The van der Waals surface area contributed by atoms with Gasteiger partial charge in [-0.1, -0.05) is 48.4 Å². The van der Waals surface area contributed by atoms with Crippen LogP contribution in [0, 0.1) is 25.2 Å². The van der Waals surface area contributed by atoms with Crippen molar-refractivity contribution in [3.63, 3.8) is 0 Å². The van der Waals surface area contributed by atoms with Crippen molar-refractivity contribution < 1.29 is 24.1 Å². The lowest BCUT2D eigenvalue weighted by Gasteiger charge is -2.34. The summed E-state index contributed by atoms with van der Waals surface area (Å²) in [6, 6.07) is 20.4. The molecule has 3 heterocycles. The van der Waals surface area contributed by atoms with Crippen molar-refractivity contribution in [1.29, 1.82) is 5.26 Å². The normalized spacial score (nSPS) is 16.7. The number of pyridine rings is 1.